The molecule has 3 aromatic rings. The van der Waals surface area contributed by atoms with E-state index in [-0.39, 0.29) is 11.7 Å². The van der Waals surface area contributed by atoms with E-state index in [1.807, 2.05) is 37.3 Å². The lowest BCUT2D eigenvalue weighted by Gasteiger charge is -2.05. The van der Waals surface area contributed by atoms with E-state index < -0.39 is 0 Å². The molecule has 0 aliphatic rings. The number of aryl methyl sites for hydroxylation is 1. The highest BCUT2D eigenvalue weighted by atomic mass is 35.5. The number of nitrogens with zero attached hydrogens (tertiary/aromatic N) is 2. The molecule has 0 spiro atoms. The number of thioether (sulfide) groups is 1. The molecule has 0 bridgehead atoms. The summed E-state index contributed by atoms with van der Waals surface area (Å²) in [6.07, 6.45) is 1.52. The Morgan fingerprint density at radius 2 is 2.00 bits per heavy atom. The minimum atomic E-state index is -0.209. The number of hydrogen-bond acceptors (Lipinski definition) is 4. The number of nitrogens with one attached hydrogen (secondary N) is 1. The van der Waals surface area contributed by atoms with E-state index in [2.05, 4.69) is 15.5 Å². The summed E-state index contributed by atoms with van der Waals surface area (Å²) in [5.41, 5.74) is 5.30. The van der Waals surface area contributed by atoms with Crippen LogP contribution < -0.4 is 5.43 Å². The van der Waals surface area contributed by atoms with Crippen molar-refractivity contribution < 1.29 is 4.79 Å². The van der Waals surface area contributed by atoms with Crippen LogP contribution in [0.15, 0.2) is 58.7 Å². The molecular formula is C19H15Cl2N3OS. The van der Waals surface area contributed by atoms with Gasteiger partial charge in [-0.25, -0.2) is 10.4 Å². The lowest BCUT2D eigenvalue weighted by molar-refractivity contribution is -0.118. The summed E-state index contributed by atoms with van der Waals surface area (Å²) >= 11 is 13.2. The zero-order valence-electron chi connectivity index (χ0n) is 13.9. The van der Waals surface area contributed by atoms with Crippen LogP contribution in [0.4, 0.5) is 0 Å². The average molecular weight is 404 g/mol. The van der Waals surface area contributed by atoms with Gasteiger partial charge in [-0.05, 0) is 42.3 Å². The van der Waals surface area contributed by atoms with Crippen LogP contribution in [0.25, 0.3) is 10.9 Å². The van der Waals surface area contributed by atoms with Crippen LogP contribution in [0, 0.1) is 6.92 Å². The maximum atomic E-state index is 12.0. The van der Waals surface area contributed by atoms with Crippen molar-refractivity contribution in [2.75, 3.05) is 5.75 Å². The zero-order valence-corrected chi connectivity index (χ0v) is 16.2. The summed E-state index contributed by atoms with van der Waals surface area (Å²) in [4.78, 5) is 16.5. The zero-order chi connectivity index (χ0) is 18.5. The molecule has 26 heavy (non-hydrogen) atoms. The molecular weight excluding hydrogens is 389 g/mol. The third kappa shape index (κ3) is 4.75. The molecule has 1 heterocycles. The number of aromatic nitrogens is 1. The number of amides is 1. The monoisotopic (exact) mass is 403 g/mol. The third-order valence-corrected chi connectivity index (χ3v) is 5.25. The summed E-state index contributed by atoms with van der Waals surface area (Å²) < 4.78 is 0. The number of benzene rings is 2. The smallest absolute Gasteiger partial charge is 0.250 e. The van der Waals surface area contributed by atoms with Crippen molar-refractivity contribution in [1.29, 1.82) is 0 Å². The summed E-state index contributed by atoms with van der Waals surface area (Å²) in [6, 6.07) is 15.0. The van der Waals surface area contributed by atoms with E-state index in [4.69, 9.17) is 23.2 Å². The fourth-order valence-electron chi connectivity index (χ4n) is 2.34. The Bertz CT molecular complexity index is 992. The molecule has 0 aliphatic carbocycles. The van der Waals surface area contributed by atoms with Crippen LogP contribution in [-0.4, -0.2) is 22.9 Å². The maximum Gasteiger partial charge on any atom is 0.250 e. The van der Waals surface area contributed by atoms with E-state index in [1.165, 1.54) is 18.0 Å². The molecule has 0 unspecified atom stereocenters. The second kappa shape index (κ2) is 8.54. The number of pyridine rings is 1. The molecule has 1 amide bonds. The van der Waals surface area contributed by atoms with Gasteiger partial charge in [0.2, 0.25) is 5.91 Å². The number of fused-ring (bicyclic) bond motifs is 1. The van der Waals surface area contributed by atoms with Gasteiger partial charge in [-0.2, -0.15) is 5.10 Å². The molecule has 0 saturated heterocycles. The van der Waals surface area contributed by atoms with Crippen molar-refractivity contribution in [1.82, 2.24) is 10.4 Å². The summed E-state index contributed by atoms with van der Waals surface area (Å²) in [5.74, 6) is 0.0164. The Morgan fingerprint density at radius 3 is 2.81 bits per heavy atom. The summed E-state index contributed by atoms with van der Waals surface area (Å²) in [7, 11) is 0. The third-order valence-electron chi connectivity index (χ3n) is 3.60. The van der Waals surface area contributed by atoms with E-state index in [0.717, 1.165) is 27.1 Å². The Balaban J connectivity index is 1.57. The van der Waals surface area contributed by atoms with Crippen molar-refractivity contribution in [3.05, 3.63) is 69.7 Å². The van der Waals surface area contributed by atoms with Gasteiger partial charge >= 0.3 is 0 Å². The topological polar surface area (TPSA) is 54.4 Å². The fourth-order valence-corrected chi connectivity index (χ4v) is 3.41. The first-order chi connectivity index (χ1) is 12.5. The van der Waals surface area contributed by atoms with Gasteiger partial charge in [0.1, 0.15) is 0 Å². The molecule has 3 rings (SSSR count). The number of rotatable bonds is 5. The second-order valence-corrected chi connectivity index (χ2v) is 7.36. The van der Waals surface area contributed by atoms with Gasteiger partial charge < -0.3 is 0 Å². The van der Waals surface area contributed by atoms with Crippen LogP contribution in [0.2, 0.25) is 10.0 Å². The quantitative estimate of drug-likeness (QED) is 0.366. The van der Waals surface area contributed by atoms with E-state index in [1.54, 1.807) is 18.2 Å². The second-order valence-electron chi connectivity index (χ2n) is 5.55. The lowest BCUT2D eigenvalue weighted by Crippen LogP contribution is -2.19. The molecule has 2 aromatic carbocycles. The summed E-state index contributed by atoms with van der Waals surface area (Å²) in [6.45, 7) is 2.04. The van der Waals surface area contributed by atoms with Gasteiger partial charge in [0, 0.05) is 5.39 Å². The predicted molar refractivity (Wildman–Crippen MR) is 109 cm³/mol. The van der Waals surface area contributed by atoms with Crippen LogP contribution >= 0.6 is 35.0 Å². The predicted octanol–water partition coefficient (Wildman–Crippen LogP) is 5.09. The molecule has 0 saturated carbocycles. The first-order valence-corrected chi connectivity index (χ1v) is 9.53. The molecule has 132 valence electrons. The largest absolute Gasteiger partial charge is 0.272 e. The Hall–Kier alpha value is -2.08. The number of hydrogen-bond donors (Lipinski definition) is 1. The molecule has 0 fully saturated rings. The molecule has 0 atom stereocenters. The van der Waals surface area contributed by atoms with E-state index in [0.29, 0.717) is 10.0 Å². The van der Waals surface area contributed by atoms with Gasteiger partial charge in [-0.1, -0.05) is 59.2 Å². The molecule has 1 aromatic heterocycles. The van der Waals surface area contributed by atoms with Crippen LogP contribution in [0.3, 0.4) is 0 Å². The van der Waals surface area contributed by atoms with Crippen molar-refractivity contribution in [3.63, 3.8) is 0 Å². The van der Waals surface area contributed by atoms with Crippen molar-refractivity contribution in [2.24, 2.45) is 5.10 Å². The van der Waals surface area contributed by atoms with Crippen LogP contribution in [0.5, 0.6) is 0 Å². The Labute approximate surface area is 165 Å². The molecule has 7 heteroatoms. The SMILES string of the molecule is Cc1cc(SCC(=O)N/N=C/c2ccc(Cl)c(Cl)c2)nc2ccccc12. The normalized spacial score (nSPS) is 11.2. The maximum absolute atomic E-state index is 12.0. The molecule has 1 N–H and O–H groups in total. The molecule has 0 radical (unpaired) electrons. The Kier molecular flexibility index (Phi) is 6.14. The average Bonchev–Trinajstić information content (AvgIpc) is 2.63. The Morgan fingerprint density at radius 1 is 1.19 bits per heavy atom. The first-order valence-electron chi connectivity index (χ1n) is 7.79. The standard InChI is InChI=1S/C19H15Cl2N3OS/c1-12-8-19(23-17-5-3-2-4-14(12)17)26-11-18(25)24-22-10-13-6-7-15(20)16(21)9-13/h2-10H,11H2,1H3,(H,24,25)/b22-10+. The van der Waals surface area contributed by atoms with Gasteiger partial charge in [-0.3, -0.25) is 4.79 Å². The summed E-state index contributed by atoms with van der Waals surface area (Å²) in [5, 5.41) is 6.77. The highest BCUT2D eigenvalue weighted by Crippen LogP contribution is 2.23. The number of carbonyl (C=O) groups excluding carboxylic acids is 1. The molecule has 0 aliphatic heterocycles. The fraction of sp³-hybridized carbons (Fsp3) is 0.105. The van der Waals surface area contributed by atoms with Crippen molar-refractivity contribution >= 4 is 58.0 Å². The highest BCUT2D eigenvalue weighted by Gasteiger charge is 2.06. The number of carbonyl (C=O) groups is 1. The number of para-hydroxylation sites is 1. The molecule has 4 nitrogen and oxygen atoms in total. The van der Waals surface area contributed by atoms with Crippen molar-refractivity contribution in [3.8, 4) is 0 Å². The van der Waals surface area contributed by atoms with E-state index in [9.17, 15) is 4.79 Å². The minimum Gasteiger partial charge on any atom is -0.272 e. The van der Waals surface area contributed by atoms with Gasteiger partial charge in [0.25, 0.3) is 0 Å². The minimum absolute atomic E-state index is 0.209. The lowest BCUT2D eigenvalue weighted by atomic mass is 10.1. The van der Waals surface area contributed by atoms with Crippen molar-refractivity contribution in [2.45, 2.75) is 11.9 Å². The number of halogens is 2. The highest BCUT2D eigenvalue weighted by molar-refractivity contribution is 7.99. The van der Waals surface area contributed by atoms with Crippen LogP contribution in [-0.2, 0) is 4.79 Å². The van der Waals surface area contributed by atoms with Gasteiger partial charge in [0.05, 0.1) is 32.6 Å². The van der Waals surface area contributed by atoms with Gasteiger partial charge in [0.15, 0.2) is 0 Å². The van der Waals surface area contributed by atoms with Gasteiger partial charge in [-0.15, -0.1) is 0 Å². The van der Waals surface area contributed by atoms with Crippen LogP contribution in [0.1, 0.15) is 11.1 Å². The van der Waals surface area contributed by atoms with E-state index >= 15 is 0 Å². The first kappa shape index (κ1) is 18.7. The number of hydrazone groups is 1.